The summed E-state index contributed by atoms with van der Waals surface area (Å²) in [6.07, 6.45) is 0.578. The smallest absolute Gasteiger partial charge is 0.407 e. The normalized spacial score (nSPS) is 14.6. The SMILES string of the molecule is Cc1ccc(C(C)NC(CNC(=O)OC(C)(C)C)CC(C)C)o1. The Morgan fingerprint density at radius 2 is 1.91 bits per heavy atom. The molecular weight excluding hydrogens is 292 g/mol. The molecule has 5 nitrogen and oxygen atoms in total. The number of carbonyl (C=O) groups excluding carboxylic acids is 1. The van der Waals surface area contributed by atoms with Crippen molar-refractivity contribution >= 4 is 6.09 Å². The Balaban J connectivity index is 2.57. The summed E-state index contributed by atoms with van der Waals surface area (Å²) in [5.41, 5.74) is -0.482. The highest BCUT2D eigenvalue weighted by molar-refractivity contribution is 5.67. The third kappa shape index (κ3) is 8.07. The van der Waals surface area contributed by atoms with Gasteiger partial charge in [0.05, 0.1) is 6.04 Å². The van der Waals surface area contributed by atoms with E-state index in [9.17, 15) is 4.79 Å². The molecule has 0 aliphatic carbocycles. The van der Waals surface area contributed by atoms with Crippen LogP contribution in [0.25, 0.3) is 0 Å². The van der Waals surface area contributed by atoms with Crippen molar-refractivity contribution in [3.8, 4) is 0 Å². The molecule has 2 unspecified atom stereocenters. The highest BCUT2D eigenvalue weighted by Gasteiger charge is 2.20. The van der Waals surface area contributed by atoms with Crippen LogP contribution in [0, 0.1) is 12.8 Å². The van der Waals surface area contributed by atoms with Crippen molar-refractivity contribution in [2.45, 2.75) is 72.6 Å². The van der Waals surface area contributed by atoms with E-state index < -0.39 is 5.60 Å². The van der Waals surface area contributed by atoms with Crippen LogP contribution in [-0.2, 0) is 4.74 Å². The number of rotatable bonds is 7. The zero-order valence-electron chi connectivity index (χ0n) is 15.5. The van der Waals surface area contributed by atoms with Gasteiger partial charge in [0, 0.05) is 12.6 Å². The van der Waals surface area contributed by atoms with E-state index in [1.54, 1.807) is 0 Å². The summed E-state index contributed by atoms with van der Waals surface area (Å²) in [4.78, 5) is 11.8. The summed E-state index contributed by atoms with van der Waals surface area (Å²) in [5.74, 6) is 2.34. The zero-order valence-corrected chi connectivity index (χ0v) is 15.5. The topological polar surface area (TPSA) is 63.5 Å². The number of amides is 1. The molecule has 1 aromatic heterocycles. The third-order valence-electron chi connectivity index (χ3n) is 3.32. The third-order valence-corrected chi connectivity index (χ3v) is 3.32. The molecule has 1 amide bonds. The van der Waals surface area contributed by atoms with Gasteiger partial charge in [-0.1, -0.05) is 13.8 Å². The van der Waals surface area contributed by atoms with E-state index in [-0.39, 0.29) is 18.2 Å². The molecule has 0 fully saturated rings. The predicted octanol–water partition coefficient (Wildman–Crippen LogP) is 4.18. The largest absolute Gasteiger partial charge is 0.465 e. The van der Waals surface area contributed by atoms with Crippen LogP contribution in [0.2, 0.25) is 0 Å². The first-order valence-electron chi connectivity index (χ1n) is 8.36. The molecule has 0 saturated carbocycles. The fourth-order valence-corrected chi connectivity index (χ4v) is 2.42. The van der Waals surface area contributed by atoms with Crippen LogP contribution in [-0.4, -0.2) is 24.3 Å². The van der Waals surface area contributed by atoms with Crippen LogP contribution in [0.3, 0.4) is 0 Å². The molecule has 0 aromatic carbocycles. The summed E-state index contributed by atoms with van der Waals surface area (Å²) < 4.78 is 11.0. The van der Waals surface area contributed by atoms with Gasteiger partial charge in [0.15, 0.2) is 0 Å². The minimum absolute atomic E-state index is 0.0906. The summed E-state index contributed by atoms with van der Waals surface area (Å²) >= 11 is 0. The van der Waals surface area contributed by atoms with Gasteiger partial charge in [-0.2, -0.15) is 0 Å². The van der Waals surface area contributed by atoms with E-state index in [0.29, 0.717) is 12.5 Å². The molecule has 1 heterocycles. The number of furan rings is 1. The van der Waals surface area contributed by atoms with Crippen molar-refractivity contribution in [1.29, 1.82) is 0 Å². The van der Waals surface area contributed by atoms with Crippen LogP contribution in [0.15, 0.2) is 16.5 Å². The lowest BCUT2D eigenvalue weighted by atomic mass is 10.0. The van der Waals surface area contributed by atoms with Crippen molar-refractivity contribution < 1.29 is 13.9 Å². The van der Waals surface area contributed by atoms with Gasteiger partial charge in [-0.3, -0.25) is 0 Å². The number of aryl methyl sites for hydroxylation is 1. The Kier molecular flexibility index (Phi) is 7.13. The molecule has 2 N–H and O–H groups in total. The molecule has 5 heteroatoms. The van der Waals surface area contributed by atoms with Crippen molar-refractivity contribution in [2.24, 2.45) is 5.92 Å². The first-order chi connectivity index (χ1) is 10.6. The number of nitrogens with one attached hydrogen (secondary N) is 2. The summed E-state index contributed by atoms with van der Waals surface area (Å²) in [7, 11) is 0. The van der Waals surface area contributed by atoms with Gasteiger partial charge in [-0.25, -0.2) is 4.79 Å². The van der Waals surface area contributed by atoms with Crippen LogP contribution in [0.1, 0.15) is 65.5 Å². The molecule has 0 bridgehead atoms. The summed E-state index contributed by atoms with van der Waals surface area (Å²) in [6, 6.07) is 4.20. The Labute approximate surface area is 140 Å². The zero-order chi connectivity index (χ0) is 17.6. The second kappa shape index (κ2) is 8.39. The molecule has 0 saturated heterocycles. The van der Waals surface area contributed by atoms with E-state index in [4.69, 9.17) is 9.15 Å². The Bertz CT molecular complexity index is 489. The van der Waals surface area contributed by atoms with Crippen molar-refractivity contribution in [3.63, 3.8) is 0 Å². The Hall–Kier alpha value is -1.49. The van der Waals surface area contributed by atoms with E-state index >= 15 is 0 Å². The van der Waals surface area contributed by atoms with Gasteiger partial charge in [-0.05, 0) is 59.1 Å². The highest BCUT2D eigenvalue weighted by atomic mass is 16.6. The molecule has 1 rings (SSSR count). The lowest BCUT2D eigenvalue weighted by molar-refractivity contribution is 0.0520. The van der Waals surface area contributed by atoms with Crippen LogP contribution in [0.5, 0.6) is 0 Å². The minimum Gasteiger partial charge on any atom is -0.465 e. The molecule has 1 aromatic rings. The quantitative estimate of drug-likeness (QED) is 0.790. The molecular formula is C18H32N2O3. The van der Waals surface area contributed by atoms with Crippen LogP contribution in [0.4, 0.5) is 4.79 Å². The van der Waals surface area contributed by atoms with Gasteiger partial charge in [0.1, 0.15) is 17.1 Å². The molecule has 23 heavy (non-hydrogen) atoms. The maximum Gasteiger partial charge on any atom is 0.407 e. The second-order valence-corrected chi connectivity index (χ2v) is 7.55. The molecule has 0 spiro atoms. The number of hydrogen-bond acceptors (Lipinski definition) is 4. The minimum atomic E-state index is -0.482. The fourth-order valence-electron chi connectivity index (χ4n) is 2.42. The maximum atomic E-state index is 11.8. The van der Waals surface area contributed by atoms with E-state index in [0.717, 1.165) is 17.9 Å². The van der Waals surface area contributed by atoms with Crippen molar-refractivity contribution in [3.05, 3.63) is 23.7 Å². The average Bonchev–Trinajstić information content (AvgIpc) is 2.80. The van der Waals surface area contributed by atoms with Gasteiger partial charge in [0.25, 0.3) is 0 Å². The highest BCUT2D eigenvalue weighted by Crippen LogP contribution is 2.17. The van der Waals surface area contributed by atoms with Crippen molar-refractivity contribution in [2.75, 3.05) is 6.54 Å². The Morgan fingerprint density at radius 1 is 1.26 bits per heavy atom. The molecule has 132 valence electrons. The maximum absolute atomic E-state index is 11.8. The molecule has 2 atom stereocenters. The first kappa shape index (κ1) is 19.6. The van der Waals surface area contributed by atoms with Gasteiger partial charge >= 0.3 is 6.09 Å². The lowest BCUT2D eigenvalue weighted by Crippen LogP contribution is -2.44. The number of carbonyl (C=O) groups is 1. The van der Waals surface area contributed by atoms with Crippen LogP contribution < -0.4 is 10.6 Å². The molecule has 0 aliphatic heterocycles. The summed E-state index contributed by atoms with van der Waals surface area (Å²) in [6.45, 7) is 14.4. The van der Waals surface area contributed by atoms with Gasteiger partial charge in [-0.15, -0.1) is 0 Å². The monoisotopic (exact) mass is 324 g/mol. The van der Waals surface area contributed by atoms with Gasteiger partial charge in [0.2, 0.25) is 0 Å². The lowest BCUT2D eigenvalue weighted by Gasteiger charge is -2.25. The van der Waals surface area contributed by atoms with Gasteiger partial charge < -0.3 is 19.8 Å². The Morgan fingerprint density at radius 3 is 2.39 bits per heavy atom. The second-order valence-electron chi connectivity index (χ2n) is 7.55. The van der Waals surface area contributed by atoms with E-state index in [1.165, 1.54) is 0 Å². The number of hydrogen-bond donors (Lipinski definition) is 2. The summed E-state index contributed by atoms with van der Waals surface area (Å²) in [5, 5.41) is 6.38. The fraction of sp³-hybridized carbons (Fsp3) is 0.722. The first-order valence-corrected chi connectivity index (χ1v) is 8.36. The molecule has 0 radical (unpaired) electrons. The number of alkyl carbamates (subject to hydrolysis) is 1. The van der Waals surface area contributed by atoms with E-state index in [2.05, 4.69) is 31.4 Å². The average molecular weight is 324 g/mol. The number of ether oxygens (including phenoxy) is 1. The van der Waals surface area contributed by atoms with E-state index in [1.807, 2.05) is 39.8 Å². The molecule has 0 aliphatic rings. The van der Waals surface area contributed by atoms with Crippen molar-refractivity contribution in [1.82, 2.24) is 10.6 Å². The predicted molar refractivity (Wildman–Crippen MR) is 92.5 cm³/mol. The standard InChI is InChI=1S/C18H32N2O3/c1-12(2)10-15(11-19-17(21)23-18(5,6)7)20-14(4)16-9-8-13(3)22-16/h8-9,12,14-15,20H,10-11H2,1-7H3,(H,19,21). The van der Waals surface area contributed by atoms with Crippen LogP contribution >= 0.6 is 0 Å².